The third-order valence-corrected chi connectivity index (χ3v) is 5.43. The number of rotatable bonds is 5. The van der Waals surface area contributed by atoms with E-state index < -0.39 is 10.0 Å². The van der Waals surface area contributed by atoms with Gasteiger partial charge in [0.15, 0.2) is 0 Å². The van der Waals surface area contributed by atoms with Gasteiger partial charge in [0, 0.05) is 25.2 Å². The molecule has 0 aliphatic carbocycles. The zero-order valence-electron chi connectivity index (χ0n) is 12.7. The van der Waals surface area contributed by atoms with E-state index in [1.54, 1.807) is 12.1 Å². The summed E-state index contributed by atoms with van der Waals surface area (Å²) in [6, 6.07) is 7.66. The minimum absolute atomic E-state index is 0.207. The molecule has 2 atom stereocenters. The molecule has 0 amide bonds. The summed E-state index contributed by atoms with van der Waals surface area (Å²) in [5.41, 5.74) is 6.78. The van der Waals surface area contributed by atoms with Crippen LogP contribution >= 0.6 is 0 Å². The summed E-state index contributed by atoms with van der Waals surface area (Å²) in [6.45, 7) is 5.30. The summed E-state index contributed by atoms with van der Waals surface area (Å²) < 4.78 is 27.6. The highest BCUT2D eigenvalue weighted by Gasteiger charge is 2.28. The molecule has 1 saturated heterocycles. The Morgan fingerprint density at radius 3 is 2.76 bits per heavy atom. The number of anilines is 1. The molecule has 3 N–H and O–H groups in total. The Labute approximate surface area is 127 Å². The van der Waals surface area contributed by atoms with Crippen molar-refractivity contribution in [2.24, 2.45) is 5.73 Å². The highest BCUT2D eigenvalue weighted by atomic mass is 32.2. The van der Waals surface area contributed by atoms with Crippen LogP contribution in [-0.4, -0.2) is 33.6 Å². The van der Waals surface area contributed by atoms with Crippen LogP contribution in [0.25, 0.3) is 0 Å². The number of benzene rings is 1. The third-order valence-electron chi connectivity index (χ3n) is 3.92. The van der Waals surface area contributed by atoms with E-state index in [0.717, 1.165) is 31.5 Å². The van der Waals surface area contributed by atoms with E-state index in [2.05, 4.69) is 16.5 Å². The summed E-state index contributed by atoms with van der Waals surface area (Å²) in [4.78, 5) is 2.52. The fourth-order valence-electron chi connectivity index (χ4n) is 2.80. The molecule has 2 unspecified atom stereocenters. The summed E-state index contributed by atoms with van der Waals surface area (Å²) in [5.74, 6) is 0. The van der Waals surface area contributed by atoms with Gasteiger partial charge < -0.3 is 10.6 Å². The van der Waals surface area contributed by atoms with Crippen molar-refractivity contribution in [2.75, 3.05) is 18.0 Å². The molecule has 1 aromatic rings. The number of hydrogen-bond donors (Lipinski definition) is 2. The minimum atomic E-state index is -3.46. The number of nitrogens with two attached hydrogens (primary N) is 1. The predicted octanol–water partition coefficient (Wildman–Crippen LogP) is 1.69. The van der Waals surface area contributed by atoms with Gasteiger partial charge in [-0.3, -0.25) is 0 Å². The van der Waals surface area contributed by atoms with Gasteiger partial charge in [-0.15, -0.1) is 0 Å². The average Bonchev–Trinajstić information content (AvgIpc) is 2.45. The van der Waals surface area contributed by atoms with Crippen LogP contribution in [0.2, 0.25) is 0 Å². The number of nitrogens with zero attached hydrogens (tertiary/aromatic N) is 1. The van der Waals surface area contributed by atoms with Crippen molar-refractivity contribution in [1.29, 1.82) is 0 Å². The highest BCUT2D eigenvalue weighted by Crippen LogP contribution is 2.30. The van der Waals surface area contributed by atoms with Gasteiger partial charge in [-0.05, 0) is 38.3 Å². The van der Waals surface area contributed by atoms with Crippen molar-refractivity contribution < 1.29 is 8.42 Å². The number of piperidine rings is 1. The maximum Gasteiger partial charge on any atom is 0.242 e. The summed E-state index contributed by atoms with van der Waals surface area (Å²) in [5, 5.41) is 0. The van der Waals surface area contributed by atoms with Crippen molar-refractivity contribution in [3.63, 3.8) is 0 Å². The maximum absolute atomic E-state index is 12.5. The molecule has 2 rings (SSSR count). The molecule has 118 valence electrons. The van der Waals surface area contributed by atoms with Crippen LogP contribution in [0.5, 0.6) is 0 Å². The number of hydrogen-bond acceptors (Lipinski definition) is 4. The fraction of sp³-hybridized carbons (Fsp3) is 0.600. The Kier molecular flexibility index (Phi) is 5.24. The van der Waals surface area contributed by atoms with Crippen LogP contribution in [0.15, 0.2) is 29.2 Å². The second-order valence-corrected chi connectivity index (χ2v) is 7.43. The first kappa shape index (κ1) is 16.3. The highest BCUT2D eigenvalue weighted by molar-refractivity contribution is 7.89. The Bertz CT molecular complexity index is 574. The predicted molar refractivity (Wildman–Crippen MR) is 85.9 cm³/mol. The Balaban J connectivity index is 2.33. The van der Waals surface area contributed by atoms with Crippen molar-refractivity contribution in [3.8, 4) is 0 Å². The molecule has 1 aliphatic heterocycles. The normalized spacial score (nSPS) is 23.3. The second-order valence-electron chi connectivity index (χ2n) is 5.69. The van der Waals surface area contributed by atoms with Crippen LogP contribution in [0, 0.1) is 0 Å². The van der Waals surface area contributed by atoms with Crippen LogP contribution < -0.4 is 15.4 Å². The number of para-hydroxylation sites is 1. The molecular weight excluding hydrogens is 286 g/mol. The molecular formula is C15H25N3O2S. The Morgan fingerprint density at radius 2 is 2.10 bits per heavy atom. The molecule has 1 aliphatic rings. The van der Waals surface area contributed by atoms with Crippen LogP contribution in [0.4, 0.5) is 5.69 Å². The maximum atomic E-state index is 12.5. The average molecular weight is 311 g/mol. The largest absolute Gasteiger partial charge is 0.368 e. The van der Waals surface area contributed by atoms with E-state index >= 15 is 0 Å². The second kappa shape index (κ2) is 6.77. The van der Waals surface area contributed by atoms with E-state index in [1.165, 1.54) is 0 Å². The van der Waals surface area contributed by atoms with Crippen LogP contribution in [-0.2, 0) is 10.0 Å². The Morgan fingerprint density at radius 1 is 1.38 bits per heavy atom. The Hall–Kier alpha value is -1.11. The lowest BCUT2D eigenvalue weighted by atomic mass is 9.98. The van der Waals surface area contributed by atoms with Crippen molar-refractivity contribution in [2.45, 2.75) is 50.1 Å². The van der Waals surface area contributed by atoms with E-state index in [4.69, 9.17) is 5.73 Å². The molecule has 1 aromatic carbocycles. The van der Waals surface area contributed by atoms with Gasteiger partial charge in [0.05, 0.1) is 5.69 Å². The smallest absolute Gasteiger partial charge is 0.242 e. The third kappa shape index (κ3) is 3.75. The molecule has 6 heteroatoms. The molecule has 1 heterocycles. The molecule has 1 fully saturated rings. The standard InChI is InChI=1S/C15H25N3O2S/c1-3-9-17-21(19,20)15-7-5-4-6-14(15)18-10-8-13(16)11-12(18)2/h4-7,12-13,17H,3,8-11,16H2,1-2H3. The first-order valence-corrected chi connectivity index (χ1v) is 9.05. The van der Waals surface area contributed by atoms with E-state index in [9.17, 15) is 8.42 Å². The van der Waals surface area contributed by atoms with Gasteiger partial charge in [-0.25, -0.2) is 13.1 Å². The van der Waals surface area contributed by atoms with Gasteiger partial charge in [-0.2, -0.15) is 0 Å². The first-order valence-electron chi connectivity index (χ1n) is 7.56. The van der Waals surface area contributed by atoms with E-state index in [1.807, 2.05) is 19.1 Å². The van der Waals surface area contributed by atoms with Gasteiger partial charge in [-0.1, -0.05) is 19.1 Å². The molecule has 0 saturated carbocycles. The zero-order valence-corrected chi connectivity index (χ0v) is 13.6. The molecule has 21 heavy (non-hydrogen) atoms. The molecule has 0 radical (unpaired) electrons. The zero-order chi connectivity index (χ0) is 15.5. The van der Waals surface area contributed by atoms with Crippen LogP contribution in [0.1, 0.15) is 33.1 Å². The van der Waals surface area contributed by atoms with Gasteiger partial charge in [0.2, 0.25) is 10.0 Å². The molecule has 0 spiro atoms. The minimum Gasteiger partial charge on any atom is -0.368 e. The summed E-state index contributed by atoms with van der Waals surface area (Å²) >= 11 is 0. The molecule has 0 bridgehead atoms. The van der Waals surface area contributed by atoms with Crippen molar-refractivity contribution in [1.82, 2.24) is 4.72 Å². The van der Waals surface area contributed by atoms with Crippen molar-refractivity contribution in [3.05, 3.63) is 24.3 Å². The monoisotopic (exact) mass is 311 g/mol. The number of sulfonamides is 1. The fourth-order valence-corrected chi connectivity index (χ4v) is 4.15. The SMILES string of the molecule is CCCNS(=O)(=O)c1ccccc1N1CCC(N)CC1C. The van der Waals surface area contributed by atoms with Crippen molar-refractivity contribution >= 4 is 15.7 Å². The van der Waals surface area contributed by atoms with Crippen LogP contribution in [0.3, 0.4) is 0 Å². The lowest BCUT2D eigenvalue weighted by molar-refractivity contribution is 0.428. The summed E-state index contributed by atoms with van der Waals surface area (Å²) in [7, 11) is -3.46. The van der Waals surface area contributed by atoms with E-state index in [0.29, 0.717) is 11.4 Å². The lowest BCUT2D eigenvalue weighted by Gasteiger charge is -2.39. The van der Waals surface area contributed by atoms with E-state index in [-0.39, 0.29) is 12.1 Å². The summed E-state index contributed by atoms with van der Waals surface area (Å²) in [6.07, 6.45) is 2.55. The quantitative estimate of drug-likeness (QED) is 0.868. The number of nitrogens with one attached hydrogen (secondary N) is 1. The molecule has 0 aromatic heterocycles. The van der Waals surface area contributed by atoms with Gasteiger partial charge >= 0.3 is 0 Å². The van der Waals surface area contributed by atoms with Gasteiger partial charge in [0.1, 0.15) is 4.90 Å². The topological polar surface area (TPSA) is 75.4 Å². The van der Waals surface area contributed by atoms with Gasteiger partial charge in [0.25, 0.3) is 0 Å². The molecule has 5 nitrogen and oxygen atoms in total. The first-order chi connectivity index (χ1) is 9.95. The lowest BCUT2D eigenvalue weighted by Crippen LogP contribution is -2.46.